The van der Waals surface area contributed by atoms with E-state index in [1.807, 2.05) is 6.92 Å². The first-order chi connectivity index (χ1) is 11.2. The van der Waals surface area contributed by atoms with Gasteiger partial charge in [0.15, 0.2) is 5.60 Å². The monoisotopic (exact) mass is 336 g/mol. The Bertz CT molecular complexity index is 566. The van der Waals surface area contributed by atoms with E-state index in [0.717, 1.165) is 19.6 Å². The molecule has 2 N–H and O–H groups in total. The normalized spacial score (nSPS) is 25.8. The van der Waals surface area contributed by atoms with Crippen molar-refractivity contribution in [1.29, 1.82) is 0 Å². The van der Waals surface area contributed by atoms with Crippen LogP contribution in [0.5, 0.6) is 0 Å². The molecule has 24 heavy (non-hydrogen) atoms. The number of likely N-dealkylation sites (tertiary alicyclic amines) is 1. The third-order valence-corrected chi connectivity index (χ3v) is 4.68. The van der Waals surface area contributed by atoms with Crippen molar-refractivity contribution in [1.82, 2.24) is 10.2 Å². The van der Waals surface area contributed by atoms with Crippen LogP contribution in [0.15, 0.2) is 24.3 Å². The highest BCUT2D eigenvalue weighted by Crippen LogP contribution is 2.23. The molecule has 0 aromatic heterocycles. The molecule has 0 aliphatic carbocycles. The van der Waals surface area contributed by atoms with Gasteiger partial charge in [-0.15, -0.1) is 0 Å². The topological polar surface area (TPSA) is 52.6 Å². The Labute approximate surface area is 144 Å². The molecule has 5 heteroatoms. The molecule has 0 unspecified atom stereocenters. The molecule has 0 spiro atoms. The van der Waals surface area contributed by atoms with Crippen LogP contribution in [0.3, 0.4) is 0 Å². The van der Waals surface area contributed by atoms with Crippen molar-refractivity contribution in [2.45, 2.75) is 45.8 Å². The fraction of sp³-hybridized carbons (Fsp3) is 0.632. The number of amides is 1. The standard InChI is InChI=1S/C19H29FN2O2/c1-13-8-14(2)11-22(10-13)12-15(3)21-18(23)19(4,24)16-6-5-7-17(20)9-16/h5-7,9,13-15,24H,8,10-12H2,1-4H3,(H,21,23)/t13-,14+,15-,19-/m0/s1. The number of carbonyl (C=O) groups excluding carboxylic acids is 1. The first kappa shape index (κ1) is 18.9. The molecule has 0 radical (unpaired) electrons. The van der Waals surface area contributed by atoms with Crippen LogP contribution in [0.25, 0.3) is 0 Å². The van der Waals surface area contributed by atoms with E-state index >= 15 is 0 Å². The summed E-state index contributed by atoms with van der Waals surface area (Å²) >= 11 is 0. The highest BCUT2D eigenvalue weighted by Gasteiger charge is 2.34. The van der Waals surface area contributed by atoms with Gasteiger partial charge in [0, 0.05) is 25.7 Å². The van der Waals surface area contributed by atoms with Crippen LogP contribution in [0.2, 0.25) is 0 Å². The van der Waals surface area contributed by atoms with Crippen LogP contribution in [0.4, 0.5) is 4.39 Å². The number of piperidine rings is 1. The van der Waals surface area contributed by atoms with Crippen LogP contribution < -0.4 is 5.32 Å². The molecular weight excluding hydrogens is 307 g/mol. The molecule has 1 fully saturated rings. The van der Waals surface area contributed by atoms with Gasteiger partial charge in [0.05, 0.1) is 0 Å². The third kappa shape index (κ3) is 4.77. The molecule has 1 saturated heterocycles. The molecular formula is C19H29FN2O2. The van der Waals surface area contributed by atoms with E-state index in [4.69, 9.17) is 0 Å². The minimum absolute atomic E-state index is 0.0879. The molecule has 0 saturated carbocycles. The summed E-state index contributed by atoms with van der Waals surface area (Å²) in [5.74, 6) is 0.350. The van der Waals surface area contributed by atoms with E-state index < -0.39 is 17.3 Å². The van der Waals surface area contributed by atoms with E-state index in [0.29, 0.717) is 11.8 Å². The molecule has 1 aromatic rings. The van der Waals surface area contributed by atoms with E-state index in [9.17, 15) is 14.3 Å². The predicted octanol–water partition coefficient (Wildman–Crippen LogP) is 2.52. The van der Waals surface area contributed by atoms with Gasteiger partial charge in [0.1, 0.15) is 5.82 Å². The molecule has 2 rings (SSSR count). The van der Waals surface area contributed by atoms with Crippen LogP contribution in [-0.4, -0.2) is 41.6 Å². The van der Waals surface area contributed by atoms with Crippen molar-refractivity contribution in [3.05, 3.63) is 35.6 Å². The number of hydrogen-bond acceptors (Lipinski definition) is 3. The number of rotatable bonds is 5. The quantitative estimate of drug-likeness (QED) is 0.869. The van der Waals surface area contributed by atoms with Gasteiger partial charge in [0.2, 0.25) is 0 Å². The number of benzene rings is 1. The van der Waals surface area contributed by atoms with Gasteiger partial charge in [-0.05, 0) is 49.8 Å². The second-order valence-corrected chi connectivity index (χ2v) is 7.62. The van der Waals surface area contributed by atoms with Gasteiger partial charge in [-0.2, -0.15) is 0 Å². The van der Waals surface area contributed by atoms with Gasteiger partial charge in [-0.25, -0.2) is 4.39 Å². The fourth-order valence-corrected chi connectivity index (χ4v) is 3.66. The van der Waals surface area contributed by atoms with Gasteiger partial charge in [-0.1, -0.05) is 26.0 Å². The number of nitrogens with zero attached hydrogens (tertiary/aromatic N) is 1. The average molecular weight is 336 g/mol. The molecule has 1 aliphatic heterocycles. The molecule has 1 heterocycles. The largest absolute Gasteiger partial charge is 0.376 e. The lowest BCUT2D eigenvalue weighted by Gasteiger charge is -2.37. The summed E-state index contributed by atoms with van der Waals surface area (Å²) in [5.41, 5.74) is -1.49. The Morgan fingerprint density at radius 2 is 2.04 bits per heavy atom. The summed E-state index contributed by atoms with van der Waals surface area (Å²) in [4.78, 5) is 14.8. The third-order valence-electron chi connectivity index (χ3n) is 4.68. The Kier molecular flexibility index (Phi) is 5.99. The molecule has 1 aromatic carbocycles. The van der Waals surface area contributed by atoms with Gasteiger partial charge in [0.25, 0.3) is 5.91 Å². The highest BCUT2D eigenvalue weighted by atomic mass is 19.1. The van der Waals surface area contributed by atoms with Gasteiger partial charge >= 0.3 is 0 Å². The SMILES string of the molecule is C[C@@H]1C[C@H](C)CN(C[C@H](C)NC(=O)[C@@](C)(O)c2cccc(F)c2)C1. The summed E-state index contributed by atoms with van der Waals surface area (Å²) in [6.45, 7) is 10.6. The maximum Gasteiger partial charge on any atom is 0.256 e. The first-order valence-electron chi connectivity index (χ1n) is 8.70. The summed E-state index contributed by atoms with van der Waals surface area (Å²) < 4.78 is 13.4. The first-order valence-corrected chi connectivity index (χ1v) is 8.70. The van der Waals surface area contributed by atoms with E-state index in [2.05, 4.69) is 24.1 Å². The predicted molar refractivity (Wildman–Crippen MR) is 93.0 cm³/mol. The molecule has 1 aliphatic rings. The van der Waals surface area contributed by atoms with Crippen LogP contribution in [0, 0.1) is 17.7 Å². The van der Waals surface area contributed by atoms with Crippen LogP contribution in [0.1, 0.15) is 39.7 Å². The Morgan fingerprint density at radius 1 is 1.42 bits per heavy atom. The lowest BCUT2D eigenvalue weighted by Crippen LogP contribution is -2.51. The second kappa shape index (κ2) is 7.62. The van der Waals surface area contributed by atoms with Crippen molar-refractivity contribution in [3.8, 4) is 0 Å². The zero-order valence-corrected chi connectivity index (χ0v) is 15.1. The second-order valence-electron chi connectivity index (χ2n) is 7.62. The van der Waals surface area contributed by atoms with Crippen molar-refractivity contribution in [2.24, 2.45) is 11.8 Å². The Morgan fingerprint density at radius 3 is 2.62 bits per heavy atom. The lowest BCUT2D eigenvalue weighted by molar-refractivity contribution is -0.139. The summed E-state index contributed by atoms with van der Waals surface area (Å²) in [6, 6.07) is 5.44. The highest BCUT2D eigenvalue weighted by molar-refractivity contribution is 5.86. The van der Waals surface area contributed by atoms with E-state index in [-0.39, 0.29) is 11.6 Å². The van der Waals surface area contributed by atoms with Gasteiger partial charge < -0.3 is 15.3 Å². The number of hydrogen-bond donors (Lipinski definition) is 2. The van der Waals surface area contributed by atoms with Crippen molar-refractivity contribution in [3.63, 3.8) is 0 Å². The van der Waals surface area contributed by atoms with E-state index in [1.165, 1.54) is 31.5 Å². The summed E-state index contributed by atoms with van der Waals surface area (Å²) in [5, 5.41) is 13.4. The maximum atomic E-state index is 13.4. The lowest BCUT2D eigenvalue weighted by atomic mass is 9.91. The minimum Gasteiger partial charge on any atom is -0.376 e. The number of carbonyl (C=O) groups is 1. The molecule has 4 atom stereocenters. The Hall–Kier alpha value is -1.46. The smallest absolute Gasteiger partial charge is 0.256 e. The number of aliphatic hydroxyl groups is 1. The average Bonchev–Trinajstić information content (AvgIpc) is 2.45. The summed E-state index contributed by atoms with van der Waals surface area (Å²) in [6.07, 6.45) is 1.24. The zero-order chi connectivity index (χ0) is 17.9. The van der Waals surface area contributed by atoms with Gasteiger partial charge in [-0.3, -0.25) is 4.79 Å². The molecule has 4 nitrogen and oxygen atoms in total. The molecule has 0 bridgehead atoms. The fourth-order valence-electron chi connectivity index (χ4n) is 3.66. The van der Waals surface area contributed by atoms with Crippen molar-refractivity contribution in [2.75, 3.05) is 19.6 Å². The van der Waals surface area contributed by atoms with Crippen molar-refractivity contribution < 1.29 is 14.3 Å². The van der Waals surface area contributed by atoms with Crippen LogP contribution >= 0.6 is 0 Å². The maximum absolute atomic E-state index is 13.4. The number of nitrogens with one attached hydrogen (secondary N) is 1. The zero-order valence-electron chi connectivity index (χ0n) is 15.1. The van der Waals surface area contributed by atoms with Crippen LogP contribution in [-0.2, 0) is 10.4 Å². The van der Waals surface area contributed by atoms with Crippen molar-refractivity contribution >= 4 is 5.91 Å². The minimum atomic E-state index is -1.75. The summed E-state index contributed by atoms with van der Waals surface area (Å²) in [7, 11) is 0. The van der Waals surface area contributed by atoms with E-state index in [1.54, 1.807) is 6.07 Å². The Balaban J connectivity index is 1.95. The molecule has 134 valence electrons. The number of halogens is 1. The molecule has 1 amide bonds.